The average molecular weight is 428 g/mol. The Morgan fingerprint density at radius 2 is 1.56 bits per heavy atom. The summed E-state index contributed by atoms with van der Waals surface area (Å²) in [6.07, 6.45) is 3.62. The number of halogens is 1. The standard InChI is InChI=1S/C14H10N2.ClH.Re/c1-2-6-12-11(5-1)8-10-16-14(12)13-7-3-4-9-15-13;;/h1-10H;1H;/q;;+1/p-1. The molecule has 0 saturated heterocycles. The number of benzene rings is 1. The minimum Gasteiger partial charge on any atom is -0.255 e. The smallest absolute Gasteiger partial charge is 0.0964 e. The van der Waals surface area contributed by atoms with E-state index in [0.29, 0.717) is 0 Å². The molecule has 0 N–H and O–H groups in total. The molecular weight excluding hydrogens is 418 g/mol. The molecule has 0 fully saturated rings. The van der Waals surface area contributed by atoms with Gasteiger partial charge >= 0.3 is 27.7 Å². The van der Waals surface area contributed by atoms with Gasteiger partial charge in [0.05, 0.1) is 11.4 Å². The van der Waals surface area contributed by atoms with Crippen molar-refractivity contribution in [2.24, 2.45) is 0 Å². The second kappa shape index (κ2) is 6.61. The monoisotopic (exact) mass is 428 g/mol. The van der Waals surface area contributed by atoms with Crippen molar-refractivity contribution in [3.8, 4) is 11.4 Å². The summed E-state index contributed by atoms with van der Waals surface area (Å²) in [5.41, 5.74) is 1.86. The molecule has 0 unspecified atom stereocenters. The summed E-state index contributed by atoms with van der Waals surface area (Å²) in [6.45, 7) is 0. The second-order valence-electron chi connectivity index (χ2n) is 3.60. The predicted octanol–water partition coefficient (Wildman–Crippen LogP) is 3.98. The summed E-state index contributed by atoms with van der Waals surface area (Å²) in [7, 11) is 4.69. The molecule has 3 aromatic rings. The third kappa shape index (κ3) is 2.76. The van der Waals surface area contributed by atoms with Gasteiger partial charge < -0.3 is 0 Å². The summed E-state index contributed by atoms with van der Waals surface area (Å²) in [4.78, 5) is 8.75. The fourth-order valence-corrected chi connectivity index (χ4v) is 1.83. The van der Waals surface area contributed by atoms with Crippen molar-refractivity contribution < 1.29 is 18.2 Å². The van der Waals surface area contributed by atoms with E-state index in [0.717, 1.165) is 16.8 Å². The van der Waals surface area contributed by atoms with Crippen molar-refractivity contribution in [1.29, 1.82) is 0 Å². The Morgan fingerprint density at radius 1 is 0.778 bits per heavy atom. The third-order valence-corrected chi connectivity index (χ3v) is 2.58. The van der Waals surface area contributed by atoms with Crippen LogP contribution in [0.5, 0.6) is 0 Å². The van der Waals surface area contributed by atoms with Crippen LogP contribution in [-0.4, -0.2) is 9.97 Å². The van der Waals surface area contributed by atoms with Crippen LogP contribution in [0, 0.1) is 0 Å². The van der Waals surface area contributed by atoms with Gasteiger partial charge in [-0.3, -0.25) is 9.97 Å². The first kappa shape index (κ1) is 13.2. The van der Waals surface area contributed by atoms with E-state index in [4.69, 9.17) is 9.53 Å². The van der Waals surface area contributed by atoms with Crippen LogP contribution in [0.25, 0.3) is 22.2 Å². The zero-order valence-electron chi connectivity index (χ0n) is 9.42. The Morgan fingerprint density at radius 3 is 2.33 bits per heavy atom. The number of pyridine rings is 2. The molecule has 3 rings (SSSR count). The van der Waals surface area contributed by atoms with Gasteiger partial charge in [-0.05, 0) is 23.6 Å². The van der Waals surface area contributed by atoms with Gasteiger partial charge in [0.15, 0.2) is 0 Å². The van der Waals surface area contributed by atoms with Crippen LogP contribution in [0.4, 0.5) is 0 Å². The molecule has 2 heterocycles. The van der Waals surface area contributed by atoms with Gasteiger partial charge in [0.25, 0.3) is 0 Å². The molecule has 0 amide bonds. The fourth-order valence-electron chi connectivity index (χ4n) is 1.83. The first-order valence-corrected chi connectivity index (χ1v) is 8.71. The molecule has 0 atom stereocenters. The van der Waals surface area contributed by atoms with Crippen LogP contribution in [0.15, 0.2) is 60.9 Å². The average Bonchev–Trinajstić information content (AvgIpc) is 2.50. The van der Waals surface area contributed by atoms with Gasteiger partial charge in [0.2, 0.25) is 0 Å². The van der Waals surface area contributed by atoms with Crippen molar-refractivity contribution in [1.82, 2.24) is 9.97 Å². The van der Waals surface area contributed by atoms with Gasteiger partial charge in [-0.25, -0.2) is 0 Å². The Kier molecular flexibility index (Phi) is 4.83. The molecule has 1 aromatic carbocycles. The summed E-state index contributed by atoms with van der Waals surface area (Å²) < 4.78 is 0. The quantitative estimate of drug-likeness (QED) is 0.587. The topological polar surface area (TPSA) is 25.8 Å². The Labute approximate surface area is 120 Å². The van der Waals surface area contributed by atoms with Crippen molar-refractivity contribution in [3.63, 3.8) is 0 Å². The van der Waals surface area contributed by atoms with Gasteiger partial charge in [-0.1, -0.05) is 30.3 Å². The van der Waals surface area contributed by atoms with E-state index in [9.17, 15) is 0 Å². The molecule has 0 aliphatic carbocycles. The number of rotatable bonds is 1. The van der Waals surface area contributed by atoms with E-state index >= 15 is 0 Å². The van der Waals surface area contributed by atoms with E-state index < -0.39 is 0 Å². The number of aromatic nitrogens is 2. The molecule has 2 aromatic heterocycles. The first-order valence-electron chi connectivity index (χ1n) is 5.34. The minimum atomic E-state index is 0.916. The molecule has 0 radical (unpaired) electrons. The minimum absolute atomic E-state index is 0.916. The van der Waals surface area contributed by atoms with Gasteiger partial charge in [0.1, 0.15) is 0 Å². The largest absolute Gasteiger partial charge is 0.255 e. The van der Waals surface area contributed by atoms with E-state index in [2.05, 4.69) is 22.1 Å². The molecule has 4 heteroatoms. The first-order chi connectivity index (χ1) is 8.95. The van der Waals surface area contributed by atoms with Crippen molar-refractivity contribution >= 4 is 20.3 Å². The predicted molar refractivity (Wildman–Crippen MR) is 70.8 cm³/mol. The maximum absolute atomic E-state index is 4.69. The van der Waals surface area contributed by atoms with Crippen LogP contribution in [0.3, 0.4) is 0 Å². The van der Waals surface area contributed by atoms with Crippen LogP contribution < -0.4 is 0 Å². The maximum atomic E-state index is 4.69. The van der Waals surface area contributed by atoms with E-state index in [1.165, 1.54) is 23.6 Å². The molecule has 0 aliphatic rings. The molecule has 0 saturated carbocycles. The zero-order valence-corrected chi connectivity index (χ0v) is 12.9. The third-order valence-electron chi connectivity index (χ3n) is 2.58. The Balaban J connectivity index is 0.000000574. The Hall–Kier alpha value is -1.27. The molecular formula is C14H10ClN2Re. The fraction of sp³-hybridized carbons (Fsp3) is 0. The molecule has 0 bridgehead atoms. The number of fused-ring (bicyclic) bond motifs is 1. The summed E-state index contributed by atoms with van der Waals surface area (Å²) in [5, 5.41) is 2.34. The van der Waals surface area contributed by atoms with Gasteiger partial charge in [-0.15, -0.1) is 0 Å². The summed E-state index contributed by atoms with van der Waals surface area (Å²) in [6, 6.07) is 16.1. The normalized spacial score (nSPS) is 9.67. The van der Waals surface area contributed by atoms with Gasteiger partial charge in [-0.2, -0.15) is 0 Å². The van der Waals surface area contributed by atoms with Gasteiger partial charge in [0, 0.05) is 17.8 Å². The number of hydrogen-bond donors (Lipinski definition) is 0. The number of hydrogen-bond acceptors (Lipinski definition) is 2. The van der Waals surface area contributed by atoms with Crippen molar-refractivity contribution in [2.45, 2.75) is 0 Å². The molecule has 0 aliphatic heterocycles. The molecule has 90 valence electrons. The van der Waals surface area contributed by atoms with Crippen LogP contribution in [0.1, 0.15) is 0 Å². The molecule has 18 heavy (non-hydrogen) atoms. The zero-order chi connectivity index (χ0) is 12.8. The van der Waals surface area contributed by atoms with Crippen LogP contribution in [-0.2, 0) is 18.2 Å². The van der Waals surface area contributed by atoms with Crippen LogP contribution in [0.2, 0.25) is 0 Å². The van der Waals surface area contributed by atoms with E-state index in [1.54, 1.807) is 6.20 Å². The summed E-state index contributed by atoms with van der Waals surface area (Å²) in [5.74, 6) is 0. The molecule has 0 spiro atoms. The Bertz CT molecular complexity index is 624. The van der Waals surface area contributed by atoms with Crippen LogP contribution >= 0.6 is 9.53 Å². The second-order valence-corrected chi connectivity index (χ2v) is 3.60. The molecule has 2 nitrogen and oxygen atoms in total. The van der Waals surface area contributed by atoms with E-state index in [1.807, 2.05) is 42.6 Å². The SMILES string of the molecule is [Cl][Re].c1ccc(-c2nccc3ccccc23)nc1. The van der Waals surface area contributed by atoms with E-state index in [-0.39, 0.29) is 0 Å². The van der Waals surface area contributed by atoms with Crippen molar-refractivity contribution in [3.05, 3.63) is 60.9 Å². The van der Waals surface area contributed by atoms with Crippen molar-refractivity contribution in [2.75, 3.05) is 0 Å². The number of nitrogens with zero attached hydrogens (tertiary/aromatic N) is 2. The maximum Gasteiger partial charge on any atom is 0.0964 e. The summed E-state index contributed by atoms with van der Waals surface area (Å²) >= 11 is 1.19.